The molecule has 2 heterocycles. The van der Waals surface area contributed by atoms with Crippen LogP contribution in [0.4, 0.5) is 25.2 Å². The van der Waals surface area contributed by atoms with Crippen LogP contribution in [-0.4, -0.2) is 21.5 Å². The first-order chi connectivity index (χ1) is 9.49. The fourth-order valence-corrected chi connectivity index (χ4v) is 1.47. The maximum absolute atomic E-state index is 12.1. The minimum absolute atomic E-state index is 0.00779. The molecule has 10 heteroatoms. The Kier molecular flexibility index (Phi) is 2.70. The van der Waals surface area contributed by atoms with Crippen molar-refractivity contribution in [2.75, 3.05) is 5.32 Å². The second-order valence-corrected chi connectivity index (χ2v) is 3.57. The molecule has 0 fully saturated rings. The van der Waals surface area contributed by atoms with Gasteiger partial charge < -0.3 is 13.6 Å². The fraction of sp³-hybridized carbons (Fsp3) is 0.100. The predicted molar refractivity (Wildman–Crippen MR) is 58.3 cm³/mol. The van der Waals surface area contributed by atoms with Crippen molar-refractivity contribution in [2.24, 2.45) is 0 Å². The number of nitrogens with one attached hydrogen (secondary N) is 1. The molecular formula is C10H5F3N4O3. The summed E-state index contributed by atoms with van der Waals surface area (Å²) < 4.78 is 50.1. The molecule has 0 radical (unpaired) electrons. The van der Waals surface area contributed by atoms with E-state index in [1.807, 2.05) is 0 Å². The van der Waals surface area contributed by atoms with Crippen LogP contribution in [0.15, 0.2) is 33.4 Å². The zero-order valence-electron chi connectivity index (χ0n) is 9.51. The largest absolute Gasteiger partial charge is 0.573 e. The molecule has 0 saturated carbocycles. The van der Waals surface area contributed by atoms with Crippen molar-refractivity contribution in [2.45, 2.75) is 6.36 Å². The second-order valence-electron chi connectivity index (χ2n) is 3.57. The van der Waals surface area contributed by atoms with E-state index in [-0.39, 0.29) is 17.6 Å². The lowest BCUT2D eigenvalue weighted by Crippen LogP contribution is -2.16. The topological polar surface area (TPSA) is 86.2 Å². The van der Waals surface area contributed by atoms with Crippen LogP contribution < -0.4 is 10.1 Å². The quantitative estimate of drug-likeness (QED) is 0.792. The zero-order valence-corrected chi connectivity index (χ0v) is 9.51. The number of ether oxygens (including phenoxy) is 1. The molecule has 20 heavy (non-hydrogen) atoms. The van der Waals surface area contributed by atoms with E-state index in [4.69, 9.17) is 8.83 Å². The van der Waals surface area contributed by atoms with E-state index >= 15 is 0 Å². The molecule has 0 spiro atoms. The predicted octanol–water partition coefficient (Wildman–Crippen LogP) is 2.85. The molecule has 3 rings (SSSR count). The molecule has 0 unspecified atom stereocenters. The highest BCUT2D eigenvalue weighted by Gasteiger charge is 2.31. The molecule has 0 aliphatic carbocycles. The number of halogens is 3. The summed E-state index contributed by atoms with van der Waals surface area (Å²) in [5.41, 5.74) is 0.468. The number of oxazole rings is 1. The first-order valence-electron chi connectivity index (χ1n) is 5.19. The van der Waals surface area contributed by atoms with Gasteiger partial charge in [0.2, 0.25) is 6.39 Å². The van der Waals surface area contributed by atoms with Crippen molar-refractivity contribution in [3.05, 3.63) is 24.6 Å². The highest BCUT2D eigenvalue weighted by molar-refractivity contribution is 5.76. The van der Waals surface area contributed by atoms with Crippen molar-refractivity contribution >= 4 is 23.1 Å². The SMILES string of the molecule is FC(F)(F)Oc1ccc2nc(Nc3nnco3)oc2c1. The van der Waals surface area contributed by atoms with E-state index in [0.29, 0.717) is 5.52 Å². The van der Waals surface area contributed by atoms with Gasteiger partial charge in [-0.1, -0.05) is 5.10 Å². The Morgan fingerprint density at radius 3 is 2.75 bits per heavy atom. The third-order valence-electron chi connectivity index (χ3n) is 2.17. The third-order valence-corrected chi connectivity index (χ3v) is 2.17. The lowest BCUT2D eigenvalue weighted by atomic mass is 10.3. The van der Waals surface area contributed by atoms with E-state index in [9.17, 15) is 13.2 Å². The van der Waals surface area contributed by atoms with Crippen molar-refractivity contribution in [1.82, 2.24) is 15.2 Å². The lowest BCUT2D eigenvalue weighted by molar-refractivity contribution is -0.274. The summed E-state index contributed by atoms with van der Waals surface area (Å²) in [6.07, 6.45) is -3.67. The van der Waals surface area contributed by atoms with Gasteiger partial charge in [0.15, 0.2) is 5.58 Å². The average Bonchev–Trinajstić information content (AvgIpc) is 2.95. The third kappa shape index (κ3) is 2.63. The summed E-state index contributed by atoms with van der Waals surface area (Å²) in [4.78, 5) is 3.98. The first kappa shape index (κ1) is 12.3. The smallest absolute Gasteiger partial charge is 0.423 e. The maximum atomic E-state index is 12.1. The average molecular weight is 286 g/mol. The molecule has 3 aromatic rings. The van der Waals surface area contributed by atoms with Crippen LogP contribution in [0.5, 0.6) is 5.75 Å². The number of hydrogen-bond donors (Lipinski definition) is 1. The minimum Gasteiger partial charge on any atom is -0.423 e. The Balaban J connectivity index is 1.87. The summed E-state index contributed by atoms with van der Waals surface area (Å²) in [5, 5.41) is 9.54. The Morgan fingerprint density at radius 2 is 2.05 bits per heavy atom. The molecule has 2 aromatic heterocycles. The molecule has 0 aliphatic heterocycles. The molecule has 1 aromatic carbocycles. The summed E-state index contributed by atoms with van der Waals surface area (Å²) >= 11 is 0. The molecule has 0 aliphatic rings. The Hall–Kier alpha value is -2.78. The monoisotopic (exact) mass is 286 g/mol. The van der Waals surface area contributed by atoms with Gasteiger partial charge in [-0.2, -0.15) is 4.98 Å². The number of alkyl halides is 3. The number of hydrogen-bond acceptors (Lipinski definition) is 7. The fourth-order valence-electron chi connectivity index (χ4n) is 1.47. The summed E-state index contributed by atoms with van der Waals surface area (Å²) in [7, 11) is 0. The van der Waals surface area contributed by atoms with E-state index in [0.717, 1.165) is 18.5 Å². The molecule has 0 bridgehead atoms. The van der Waals surface area contributed by atoms with Crippen LogP contribution in [-0.2, 0) is 0 Å². The van der Waals surface area contributed by atoms with Gasteiger partial charge in [-0.3, -0.25) is 5.32 Å². The van der Waals surface area contributed by atoms with Crippen molar-refractivity contribution in [3.8, 4) is 5.75 Å². The van der Waals surface area contributed by atoms with Crippen LogP contribution in [0.1, 0.15) is 0 Å². The molecule has 0 saturated heterocycles. The van der Waals surface area contributed by atoms with Crippen LogP contribution >= 0.6 is 0 Å². The minimum atomic E-state index is -4.77. The number of fused-ring (bicyclic) bond motifs is 1. The Bertz CT molecular complexity index is 723. The van der Waals surface area contributed by atoms with Gasteiger partial charge >= 0.3 is 18.4 Å². The van der Waals surface area contributed by atoms with Gasteiger partial charge in [0.25, 0.3) is 0 Å². The number of aromatic nitrogens is 3. The molecule has 7 nitrogen and oxygen atoms in total. The Morgan fingerprint density at radius 1 is 1.20 bits per heavy atom. The zero-order chi connectivity index (χ0) is 14.2. The standard InChI is InChI=1S/C10H5F3N4O3/c11-10(12,13)20-5-1-2-6-7(3-5)19-8(15-6)16-9-17-14-4-18-9/h1-4H,(H,15,16,17). The van der Waals surface area contributed by atoms with Crippen LogP contribution in [0.3, 0.4) is 0 Å². The summed E-state index contributed by atoms with van der Waals surface area (Å²) in [5.74, 6) is -0.398. The maximum Gasteiger partial charge on any atom is 0.573 e. The molecule has 0 atom stereocenters. The van der Waals surface area contributed by atoms with Gasteiger partial charge in [-0.25, -0.2) is 0 Å². The van der Waals surface area contributed by atoms with Gasteiger partial charge in [0.1, 0.15) is 11.3 Å². The van der Waals surface area contributed by atoms with Crippen molar-refractivity contribution < 1.29 is 26.7 Å². The molecule has 0 amide bonds. The summed E-state index contributed by atoms with van der Waals surface area (Å²) in [6.45, 7) is 0. The van der Waals surface area contributed by atoms with E-state index < -0.39 is 12.1 Å². The summed E-state index contributed by atoms with van der Waals surface area (Å²) in [6, 6.07) is 3.60. The number of anilines is 2. The second kappa shape index (κ2) is 4.40. The van der Waals surface area contributed by atoms with Crippen LogP contribution in [0, 0.1) is 0 Å². The van der Waals surface area contributed by atoms with Crippen molar-refractivity contribution in [3.63, 3.8) is 0 Å². The van der Waals surface area contributed by atoms with Crippen molar-refractivity contribution in [1.29, 1.82) is 0 Å². The highest BCUT2D eigenvalue weighted by atomic mass is 19.4. The number of nitrogens with zero attached hydrogens (tertiary/aromatic N) is 3. The van der Waals surface area contributed by atoms with E-state index in [2.05, 4.69) is 25.2 Å². The van der Waals surface area contributed by atoms with Gasteiger partial charge in [-0.05, 0) is 12.1 Å². The number of benzene rings is 1. The molecule has 104 valence electrons. The van der Waals surface area contributed by atoms with E-state index in [1.54, 1.807) is 0 Å². The lowest BCUT2D eigenvalue weighted by Gasteiger charge is -2.07. The first-order valence-corrected chi connectivity index (χ1v) is 5.19. The van der Waals surface area contributed by atoms with Crippen LogP contribution in [0.2, 0.25) is 0 Å². The number of rotatable bonds is 3. The molecular weight excluding hydrogens is 281 g/mol. The van der Waals surface area contributed by atoms with E-state index in [1.165, 1.54) is 6.07 Å². The van der Waals surface area contributed by atoms with Gasteiger partial charge in [-0.15, -0.1) is 18.3 Å². The molecule has 1 N–H and O–H groups in total. The highest BCUT2D eigenvalue weighted by Crippen LogP contribution is 2.28. The normalized spacial score (nSPS) is 11.8. The van der Waals surface area contributed by atoms with Gasteiger partial charge in [0.05, 0.1) is 0 Å². The van der Waals surface area contributed by atoms with Gasteiger partial charge in [0, 0.05) is 6.07 Å². The van der Waals surface area contributed by atoms with Crippen LogP contribution in [0.25, 0.3) is 11.1 Å². The Labute approximate surface area is 108 Å².